The van der Waals surface area contributed by atoms with Gasteiger partial charge in [0.25, 0.3) is 0 Å². The maximum absolute atomic E-state index is 11.9. The molecule has 0 radical (unpaired) electrons. The molecule has 0 saturated carbocycles. The SMILES string of the molecule is CCc1ccc(CC(=O)CCCc2ccccc2)s1. The second-order valence-corrected chi connectivity index (χ2v) is 6.03. The number of aryl methyl sites for hydroxylation is 2. The number of Topliss-reactive ketones (excluding diaryl/α,β-unsaturated/α-hetero) is 1. The fourth-order valence-electron chi connectivity index (χ4n) is 2.12. The molecule has 0 atom stereocenters. The summed E-state index contributed by atoms with van der Waals surface area (Å²) in [5, 5.41) is 0. The highest BCUT2D eigenvalue weighted by Crippen LogP contribution is 2.18. The monoisotopic (exact) mass is 272 g/mol. The zero-order valence-corrected chi connectivity index (χ0v) is 12.2. The highest BCUT2D eigenvalue weighted by Gasteiger charge is 2.06. The van der Waals surface area contributed by atoms with E-state index in [1.165, 1.54) is 15.3 Å². The maximum atomic E-state index is 11.9. The Kier molecular flexibility index (Phi) is 5.34. The van der Waals surface area contributed by atoms with Crippen LogP contribution in [0.25, 0.3) is 0 Å². The first-order valence-corrected chi connectivity index (χ1v) is 7.73. The molecule has 0 spiro atoms. The molecule has 0 bridgehead atoms. The summed E-state index contributed by atoms with van der Waals surface area (Å²) >= 11 is 1.77. The van der Waals surface area contributed by atoms with Crippen molar-refractivity contribution in [1.29, 1.82) is 0 Å². The van der Waals surface area contributed by atoms with E-state index in [0.29, 0.717) is 18.6 Å². The van der Waals surface area contributed by atoms with Crippen molar-refractivity contribution in [2.24, 2.45) is 0 Å². The Hall–Kier alpha value is -1.41. The van der Waals surface area contributed by atoms with Gasteiger partial charge in [-0.15, -0.1) is 11.3 Å². The molecule has 1 aromatic carbocycles. The summed E-state index contributed by atoms with van der Waals surface area (Å²) in [7, 11) is 0. The van der Waals surface area contributed by atoms with E-state index in [4.69, 9.17) is 0 Å². The van der Waals surface area contributed by atoms with Crippen molar-refractivity contribution < 1.29 is 4.79 Å². The van der Waals surface area contributed by atoms with Crippen LogP contribution in [0.3, 0.4) is 0 Å². The molecule has 0 amide bonds. The topological polar surface area (TPSA) is 17.1 Å². The Morgan fingerprint density at radius 2 is 1.79 bits per heavy atom. The molecule has 0 aliphatic heterocycles. The van der Waals surface area contributed by atoms with Gasteiger partial charge in [-0.3, -0.25) is 4.79 Å². The summed E-state index contributed by atoms with van der Waals surface area (Å²) in [5.74, 6) is 0.362. The zero-order chi connectivity index (χ0) is 13.5. The number of carbonyl (C=O) groups is 1. The Bertz CT molecular complexity index is 513. The van der Waals surface area contributed by atoms with Gasteiger partial charge in [-0.25, -0.2) is 0 Å². The molecule has 0 aliphatic carbocycles. The Balaban J connectivity index is 1.73. The minimum Gasteiger partial charge on any atom is -0.299 e. The highest BCUT2D eigenvalue weighted by molar-refractivity contribution is 7.12. The normalized spacial score (nSPS) is 10.6. The Morgan fingerprint density at radius 3 is 2.47 bits per heavy atom. The lowest BCUT2D eigenvalue weighted by atomic mass is 10.1. The molecule has 1 heterocycles. The van der Waals surface area contributed by atoms with Gasteiger partial charge in [-0.05, 0) is 37.0 Å². The predicted molar refractivity (Wildman–Crippen MR) is 81.8 cm³/mol. The van der Waals surface area contributed by atoms with Crippen LogP contribution in [0.4, 0.5) is 0 Å². The third-order valence-electron chi connectivity index (χ3n) is 3.20. The molecule has 2 rings (SSSR count). The van der Waals surface area contributed by atoms with Gasteiger partial charge in [0.2, 0.25) is 0 Å². The van der Waals surface area contributed by atoms with Crippen LogP contribution in [-0.4, -0.2) is 5.78 Å². The standard InChI is InChI=1S/C17H20OS/c1-2-16-11-12-17(19-16)13-15(18)10-6-9-14-7-4-3-5-8-14/h3-5,7-8,11-12H,2,6,9-10,13H2,1H3. The molecule has 2 aromatic rings. The summed E-state index contributed by atoms with van der Waals surface area (Å²) in [6, 6.07) is 14.6. The first kappa shape index (κ1) is 14.0. The van der Waals surface area contributed by atoms with Crippen LogP contribution in [0, 0.1) is 0 Å². The summed E-state index contributed by atoms with van der Waals surface area (Å²) in [4.78, 5) is 14.5. The smallest absolute Gasteiger partial charge is 0.138 e. The lowest BCUT2D eigenvalue weighted by Crippen LogP contribution is -2.01. The van der Waals surface area contributed by atoms with Crippen molar-refractivity contribution in [2.45, 2.75) is 39.0 Å². The molecule has 0 N–H and O–H groups in total. The number of hydrogen-bond donors (Lipinski definition) is 0. The van der Waals surface area contributed by atoms with E-state index in [0.717, 1.165) is 19.3 Å². The zero-order valence-electron chi connectivity index (χ0n) is 11.4. The molecular formula is C17H20OS. The van der Waals surface area contributed by atoms with Crippen molar-refractivity contribution in [1.82, 2.24) is 0 Å². The van der Waals surface area contributed by atoms with E-state index in [1.807, 2.05) is 6.07 Å². The molecule has 2 heteroatoms. The number of ketones is 1. The lowest BCUT2D eigenvalue weighted by molar-refractivity contribution is -0.118. The summed E-state index contributed by atoms with van der Waals surface area (Å²) in [6.07, 6.45) is 4.31. The lowest BCUT2D eigenvalue weighted by Gasteiger charge is -2.01. The molecule has 0 fully saturated rings. The van der Waals surface area contributed by atoms with Crippen LogP contribution in [0.5, 0.6) is 0 Å². The summed E-state index contributed by atoms with van der Waals surface area (Å²) in [5.41, 5.74) is 1.32. The average Bonchev–Trinajstić information content (AvgIpc) is 2.87. The van der Waals surface area contributed by atoms with Crippen LogP contribution in [0.1, 0.15) is 35.1 Å². The van der Waals surface area contributed by atoms with Gasteiger partial charge in [-0.2, -0.15) is 0 Å². The Labute approximate surface area is 119 Å². The third kappa shape index (κ3) is 4.64. The highest BCUT2D eigenvalue weighted by atomic mass is 32.1. The van der Waals surface area contributed by atoms with E-state index in [1.54, 1.807) is 11.3 Å². The molecule has 0 unspecified atom stereocenters. The van der Waals surface area contributed by atoms with E-state index in [9.17, 15) is 4.79 Å². The van der Waals surface area contributed by atoms with Gasteiger partial charge in [-0.1, -0.05) is 37.3 Å². The van der Waals surface area contributed by atoms with Gasteiger partial charge in [0, 0.05) is 22.6 Å². The van der Waals surface area contributed by atoms with Crippen LogP contribution in [-0.2, 0) is 24.1 Å². The largest absolute Gasteiger partial charge is 0.299 e. The molecular weight excluding hydrogens is 252 g/mol. The van der Waals surface area contributed by atoms with Crippen LogP contribution in [0.2, 0.25) is 0 Å². The van der Waals surface area contributed by atoms with Gasteiger partial charge < -0.3 is 0 Å². The number of benzene rings is 1. The first-order chi connectivity index (χ1) is 9.28. The van der Waals surface area contributed by atoms with Crippen molar-refractivity contribution in [2.75, 3.05) is 0 Å². The fourth-order valence-corrected chi connectivity index (χ4v) is 3.11. The van der Waals surface area contributed by atoms with Crippen molar-refractivity contribution in [3.8, 4) is 0 Å². The van der Waals surface area contributed by atoms with Gasteiger partial charge in [0.1, 0.15) is 5.78 Å². The van der Waals surface area contributed by atoms with E-state index >= 15 is 0 Å². The predicted octanol–water partition coefficient (Wildman–Crippen LogP) is 4.45. The van der Waals surface area contributed by atoms with E-state index in [-0.39, 0.29) is 0 Å². The summed E-state index contributed by atoms with van der Waals surface area (Å²) < 4.78 is 0. The molecule has 1 nitrogen and oxygen atoms in total. The molecule has 0 aliphatic rings. The average molecular weight is 272 g/mol. The van der Waals surface area contributed by atoms with E-state index in [2.05, 4.69) is 43.3 Å². The maximum Gasteiger partial charge on any atom is 0.138 e. The van der Waals surface area contributed by atoms with Gasteiger partial charge in [0.15, 0.2) is 0 Å². The van der Waals surface area contributed by atoms with Crippen LogP contribution < -0.4 is 0 Å². The molecule has 100 valence electrons. The van der Waals surface area contributed by atoms with E-state index < -0.39 is 0 Å². The fraction of sp³-hybridized carbons (Fsp3) is 0.353. The minimum atomic E-state index is 0.362. The molecule has 19 heavy (non-hydrogen) atoms. The second kappa shape index (κ2) is 7.25. The minimum absolute atomic E-state index is 0.362. The quantitative estimate of drug-likeness (QED) is 0.728. The van der Waals surface area contributed by atoms with Crippen molar-refractivity contribution in [3.05, 3.63) is 57.8 Å². The molecule has 1 aromatic heterocycles. The third-order valence-corrected chi connectivity index (χ3v) is 4.43. The van der Waals surface area contributed by atoms with Crippen LogP contribution >= 0.6 is 11.3 Å². The number of rotatable bonds is 7. The Morgan fingerprint density at radius 1 is 1.05 bits per heavy atom. The van der Waals surface area contributed by atoms with Gasteiger partial charge in [0.05, 0.1) is 0 Å². The first-order valence-electron chi connectivity index (χ1n) is 6.91. The summed E-state index contributed by atoms with van der Waals surface area (Å²) in [6.45, 7) is 2.15. The van der Waals surface area contributed by atoms with Gasteiger partial charge >= 0.3 is 0 Å². The molecule has 0 saturated heterocycles. The second-order valence-electron chi connectivity index (χ2n) is 4.78. The number of carbonyl (C=O) groups excluding carboxylic acids is 1. The number of thiophene rings is 1. The van der Waals surface area contributed by atoms with Crippen molar-refractivity contribution >= 4 is 17.1 Å². The van der Waals surface area contributed by atoms with Crippen molar-refractivity contribution in [3.63, 3.8) is 0 Å². The number of hydrogen-bond acceptors (Lipinski definition) is 2. The van der Waals surface area contributed by atoms with Crippen LogP contribution in [0.15, 0.2) is 42.5 Å².